The zero-order valence-electron chi connectivity index (χ0n) is 8.66. The van der Waals surface area contributed by atoms with Crippen molar-refractivity contribution in [3.8, 4) is 11.3 Å². The van der Waals surface area contributed by atoms with E-state index < -0.39 is 5.91 Å². The number of aromatic amines is 1. The van der Waals surface area contributed by atoms with Crippen LogP contribution in [-0.2, 0) is 12.8 Å². The zero-order valence-corrected chi connectivity index (χ0v) is 8.66. The van der Waals surface area contributed by atoms with Gasteiger partial charge in [-0.2, -0.15) is 5.10 Å². The number of amides is 1. The van der Waals surface area contributed by atoms with Gasteiger partial charge in [0.25, 0.3) is 5.91 Å². The van der Waals surface area contributed by atoms with Crippen molar-refractivity contribution in [3.05, 3.63) is 41.1 Å². The number of aryl methyl sites for hydroxylation is 1. The van der Waals surface area contributed by atoms with Crippen molar-refractivity contribution >= 4 is 5.91 Å². The van der Waals surface area contributed by atoms with Crippen LogP contribution in [0, 0.1) is 0 Å². The van der Waals surface area contributed by atoms with Crippen molar-refractivity contribution < 1.29 is 4.79 Å². The fourth-order valence-corrected chi connectivity index (χ4v) is 2.26. The van der Waals surface area contributed by atoms with Gasteiger partial charge in [0.05, 0.1) is 5.69 Å². The molecular weight excluding hydrogens is 202 g/mol. The van der Waals surface area contributed by atoms with Gasteiger partial charge in [0, 0.05) is 11.1 Å². The van der Waals surface area contributed by atoms with Gasteiger partial charge in [-0.05, 0) is 18.4 Å². The molecule has 16 heavy (non-hydrogen) atoms. The first-order valence-electron chi connectivity index (χ1n) is 5.22. The predicted octanol–water partition coefficient (Wildman–Crippen LogP) is 1.27. The molecule has 3 rings (SSSR count). The van der Waals surface area contributed by atoms with Crippen molar-refractivity contribution in [1.82, 2.24) is 10.2 Å². The lowest BCUT2D eigenvalue weighted by atomic mass is 9.89. The minimum absolute atomic E-state index is 0.437. The van der Waals surface area contributed by atoms with E-state index in [1.165, 1.54) is 5.56 Å². The van der Waals surface area contributed by atoms with Crippen LogP contribution in [0.15, 0.2) is 24.3 Å². The Labute approximate surface area is 92.5 Å². The van der Waals surface area contributed by atoms with Gasteiger partial charge in [-0.15, -0.1) is 0 Å². The number of carbonyl (C=O) groups excluding carboxylic acids is 1. The molecule has 2 aromatic rings. The number of nitrogens with one attached hydrogen (secondary N) is 1. The van der Waals surface area contributed by atoms with E-state index in [0.717, 1.165) is 29.7 Å². The first-order chi connectivity index (χ1) is 7.77. The van der Waals surface area contributed by atoms with Gasteiger partial charge in [-0.1, -0.05) is 24.3 Å². The van der Waals surface area contributed by atoms with Crippen molar-refractivity contribution in [2.75, 3.05) is 0 Å². The third-order valence-electron chi connectivity index (χ3n) is 3.03. The molecule has 1 aromatic heterocycles. The number of fused-ring (bicyclic) bond motifs is 3. The number of rotatable bonds is 1. The maximum atomic E-state index is 11.2. The van der Waals surface area contributed by atoms with Crippen LogP contribution >= 0.6 is 0 Å². The first-order valence-corrected chi connectivity index (χ1v) is 5.22. The normalized spacial score (nSPS) is 13.0. The van der Waals surface area contributed by atoms with E-state index in [1.54, 1.807) is 0 Å². The molecule has 1 aromatic carbocycles. The molecule has 0 radical (unpaired) electrons. The van der Waals surface area contributed by atoms with Gasteiger partial charge < -0.3 is 5.73 Å². The van der Waals surface area contributed by atoms with Gasteiger partial charge >= 0.3 is 0 Å². The molecule has 0 spiro atoms. The van der Waals surface area contributed by atoms with Gasteiger partial charge in [-0.25, -0.2) is 0 Å². The molecule has 0 fully saturated rings. The number of nitrogens with two attached hydrogens (primary N) is 1. The topological polar surface area (TPSA) is 71.8 Å². The second-order valence-electron chi connectivity index (χ2n) is 3.95. The van der Waals surface area contributed by atoms with Crippen LogP contribution in [0.3, 0.4) is 0 Å². The molecule has 80 valence electrons. The van der Waals surface area contributed by atoms with Gasteiger partial charge in [0.2, 0.25) is 0 Å². The number of hydrogen-bond acceptors (Lipinski definition) is 2. The maximum Gasteiger partial charge on any atom is 0.267 e. The van der Waals surface area contributed by atoms with E-state index in [-0.39, 0.29) is 0 Å². The van der Waals surface area contributed by atoms with Crippen LogP contribution in [-0.4, -0.2) is 16.1 Å². The van der Waals surface area contributed by atoms with Gasteiger partial charge in [0.1, 0.15) is 5.69 Å². The monoisotopic (exact) mass is 213 g/mol. The molecule has 4 heteroatoms. The molecule has 0 saturated carbocycles. The van der Waals surface area contributed by atoms with E-state index >= 15 is 0 Å². The van der Waals surface area contributed by atoms with E-state index in [2.05, 4.69) is 16.3 Å². The van der Waals surface area contributed by atoms with Gasteiger partial charge in [0.15, 0.2) is 0 Å². The average molecular weight is 213 g/mol. The van der Waals surface area contributed by atoms with Crippen LogP contribution in [0.5, 0.6) is 0 Å². The average Bonchev–Trinajstić information content (AvgIpc) is 2.73. The van der Waals surface area contributed by atoms with E-state index in [9.17, 15) is 4.79 Å². The number of aromatic nitrogens is 2. The minimum atomic E-state index is -0.437. The Balaban J connectivity index is 2.23. The standard InChI is InChI=1S/C12H11N3O/c13-12(16)11-9-6-5-7-3-1-2-4-8(7)10(9)14-15-11/h1-4H,5-6H2,(H2,13,16)(H,14,15). The molecule has 0 aliphatic heterocycles. The van der Waals surface area contributed by atoms with Crippen molar-refractivity contribution in [2.24, 2.45) is 5.73 Å². The van der Waals surface area contributed by atoms with Crippen LogP contribution in [0.25, 0.3) is 11.3 Å². The Hall–Kier alpha value is -2.10. The van der Waals surface area contributed by atoms with E-state index in [1.807, 2.05) is 18.2 Å². The zero-order chi connectivity index (χ0) is 11.1. The Kier molecular flexibility index (Phi) is 1.83. The molecule has 1 aliphatic carbocycles. The summed E-state index contributed by atoms with van der Waals surface area (Å²) in [5.41, 5.74) is 9.94. The molecule has 0 atom stereocenters. The second kappa shape index (κ2) is 3.20. The third-order valence-corrected chi connectivity index (χ3v) is 3.03. The SMILES string of the molecule is NC(=O)c1[nH]nc2c1CCc1ccccc1-2. The molecule has 0 bridgehead atoms. The molecule has 1 heterocycles. The van der Waals surface area contributed by atoms with Crippen molar-refractivity contribution in [2.45, 2.75) is 12.8 Å². The number of primary amides is 1. The van der Waals surface area contributed by atoms with Crippen molar-refractivity contribution in [3.63, 3.8) is 0 Å². The quantitative estimate of drug-likeness (QED) is 0.748. The molecule has 4 nitrogen and oxygen atoms in total. The number of hydrogen-bond donors (Lipinski definition) is 2. The lowest BCUT2D eigenvalue weighted by Gasteiger charge is -2.14. The minimum Gasteiger partial charge on any atom is -0.364 e. The molecule has 1 aliphatic rings. The molecule has 0 saturated heterocycles. The third kappa shape index (κ3) is 1.16. The van der Waals surface area contributed by atoms with Crippen LogP contribution in [0.1, 0.15) is 21.6 Å². The van der Waals surface area contributed by atoms with Crippen LogP contribution in [0.2, 0.25) is 0 Å². The lowest BCUT2D eigenvalue weighted by Crippen LogP contribution is -2.15. The summed E-state index contributed by atoms with van der Waals surface area (Å²) >= 11 is 0. The Morgan fingerprint density at radius 2 is 2.12 bits per heavy atom. The fourth-order valence-electron chi connectivity index (χ4n) is 2.26. The summed E-state index contributed by atoms with van der Waals surface area (Å²) in [4.78, 5) is 11.2. The number of benzene rings is 1. The summed E-state index contributed by atoms with van der Waals surface area (Å²) in [6.07, 6.45) is 1.75. The second-order valence-corrected chi connectivity index (χ2v) is 3.95. The van der Waals surface area contributed by atoms with Crippen molar-refractivity contribution in [1.29, 1.82) is 0 Å². The smallest absolute Gasteiger partial charge is 0.267 e. The highest BCUT2D eigenvalue weighted by Crippen LogP contribution is 2.32. The lowest BCUT2D eigenvalue weighted by molar-refractivity contribution is 0.0994. The fraction of sp³-hybridized carbons (Fsp3) is 0.167. The highest BCUT2D eigenvalue weighted by molar-refractivity contribution is 5.94. The number of H-pyrrole nitrogens is 1. The Morgan fingerprint density at radius 1 is 1.31 bits per heavy atom. The predicted molar refractivity (Wildman–Crippen MR) is 59.9 cm³/mol. The van der Waals surface area contributed by atoms with Gasteiger partial charge in [-0.3, -0.25) is 9.89 Å². The Morgan fingerprint density at radius 3 is 2.94 bits per heavy atom. The summed E-state index contributed by atoms with van der Waals surface area (Å²) in [6.45, 7) is 0. The number of nitrogens with zero attached hydrogens (tertiary/aromatic N) is 1. The largest absolute Gasteiger partial charge is 0.364 e. The summed E-state index contributed by atoms with van der Waals surface area (Å²) in [5.74, 6) is -0.437. The first kappa shape index (κ1) is 9.15. The summed E-state index contributed by atoms with van der Waals surface area (Å²) in [7, 11) is 0. The van der Waals surface area contributed by atoms with E-state index in [0.29, 0.717) is 5.69 Å². The number of carbonyl (C=O) groups is 1. The molecule has 3 N–H and O–H groups in total. The van der Waals surface area contributed by atoms with Crippen LogP contribution < -0.4 is 5.73 Å². The maximum absolute atomic E-state index is 11.2. The Bertz CT molecular complexity index is 571. The summed E-state index contributed by atoms with van der Waals surface area (Å²) in [5, 5.41) is 6.93. The van der Waals surface area contributed by atoms with E-state index in [4.69, 9.17) is 5.73 Å². The molecule has 0 unspecified atom stereocenters. The van der Waals surface area contributed by atoms with Crippen LogP contribution in [0.4, 0.5) is 0 Å². The highest BCUT2D eigenvalue weighted by Gasteiger charge is 2.23. The molecule has 1 amide bonds. The molecular formula is C12H11N3O. The summed E-state index contributed by atoms with van der Waals surface area (Å²) < 4.78 is 0. The highest BCUT2D eigenvalue weighted by atomic mass is 16.1. The summed E-state index contributed by atoms with van der Waals surface area (Å²) in [6, 6.07) is 8.12.